The molecule has 0 aliphatic carbocycles. The van der Waals surface area contributed by atoms with Crippen LogP contribution in [0.15, 0.2) is 30.3 Å². The van der Waals surface area contributed by atoms with E-state index in [1.807, 2.05) is 0 Å². The Bertz CT molecular complexity index is 437. The van der Waals surface area contributed by atoms with Crippen molar-refractivity contribution in [2.24, 2.45) is 0 Å². The van der Waals surface area contributed by atoms with Crippen LogP contribution in [0.1, 0.15) is 83.8 Å². The maximum atomic E-state index is 6.59. The minimum absolute atomic E-state index is 0.356. The van der Waals surface area contributed by atoms with Crippen LogP contribution in [0, 0.1) is 0 Å². The SMILES string of the molecule is CCC[CH2][Ge]([CH2]CCC)([CH2]CCC)[CH2][C@H]1CC[C@H](c2ccccc2)O1. The molecule has 1 aliphatic heterocycles. The molecule has 1 fully saturated rings. The second kappa shape index (κ2) is 11.4. The summed E-state index contributed by atoms with van der Waals surface area (Å²) >= 11 is -1.78. The number of rotatable bonds is 12. The Morgan fingerprint density at radius 1 is 0.840 bits per heavy atom. The van der Waals surface area contributed by atoms with Gasteiger partial charge in [0, 0.05) is 0 Å². The van der Waals surface area contributed by atoms with E-state index in [1.54, 1.807) is 15.8 Å². The Morgan fingerprint density at radius 3 is 1.92 bits per heavy atom. The van der Waals surface area contributed by atoms with Crippen molar-refractivity contribution in [3.05, 3.63) is 35.9 Å². The number of benzene rings is 1. The standard InChI is InChI=1S/C23H40GeO/c1-4-7-17-24(18-8-5-2,19-9-6-3)20-22-15-16-23(25-22)21-13-11-10-12-14-21/h10-14,22-23H,4-9,15-20H2,1-3H3/t22-,23-/m1/s1. The third-order valence-corrected chi connectivity index (χ3v) is 17.8. The Hall–Kier alpha value is -0.277. The topological polar surface area (TPSA) is 9.23 Å². The molecule has 1 heterocycles. The predicted molar refractivity (Wildman–Crippen MR) is 113 cm³/mol. The van der Waals surface area contributed by atoms with Gasteiger partial charge in [-0.15, -0.1) is 0 Å². The molecule has 25 heavy (non-hydrogen) atoms. The zero-order chi connectivity index (χ0) is 18.0. The molecule has 0 aromatic heterocycles. The second-order valence-electron chi connectivity index (χ2n) is 8.25. The Labute approximate surface area is 159 Å². The summed E-state index contributed by atoms with van der Waals surface area (Å²) in [4.78, 5) is 0. The van der Waals surface area contributed by atoms with Crippen LogP contribution in [0.2, 0.25) is 21.0 Å². The van der Waals surface area contributed by atoms with Crippen LogP contribution in [-0.4, -0.2) is 19.4 Å². The average molecular weight is 405 g/mol. The molecule has 0 N–H and O–H groups in total. The summed E-state index contributed by atoms with van der Waals surface area (Å²) in [7, 11) is 0. The zero-order valence-corrected chi connectivity index (χ0v) is 19.0. The first-order chi connectivity index (χ1) is 12.2. The van der Waals surface area contributed by atoms with Gasteiger partial charge in [0.1, 0.15) is 0 Å². The first kappa shape index (κ1) is 21.0. The van der Waals surface area contributed by atoms with Crippen LogP contribution in [0.3, 0.4) is 0 Å². The number of hydrogen-bond acceptors (Lipinski definition) is 1. The van der Waals surface area contributed by atoms with E-state index in [9.17, 15) is 0 Å². The molecule has 1 nitrogen and oxygen atoms in total. The van der Waals surface area contributed by atoms with Gasteiger partial charge in [-0.1, -0.05) is 0 Å². The zero-order valence-electron chi connectivity index (χ0n) is 16.9. The molecule has 2 atom stereocenters. The van der Waals surface area contributed by atoms with Gasteiger partial charge in [0.2, 0.25) is 0 Å². The summed E-state index contributed by atoms with van der Waals surface area (Å²) in [5, 5.41) is 6.24. The fourth-order valence-corrected chi connectivity index (χ4v) is 17.0. The van der Waals surface area contributed by atoms with Crippen molar-refractivity contribution in [2.75, 3.05) is 0 Å². The van der Waals surface area contributed by atoms with Crippen molar-refractivity contribution in [2.45, 2.75) is 105 Å². The number of hydrogen-bond donors (Lipinski definition) is 0. The van der Waals surface area contributed by atoms with Crippen LogP contribution in [0.5, 0.6) is 0 Å². The van der Waals surface area contributed by atoms with E-state index in [-0.39, 0.29) is 0 Å². The Kier molecular flexibility index (Phi) is 9.62. The fourth-order valence-electron chi connectivity index (χ4n) is 4.59. The van der Waals surface area contributed by atoms with Gasteiger partial charge < -0.3 is 0 Å². The van der Waals surface area contributed by atoms with Crippen LogP contribution in [-0.2, 0) is 4.74 Å². The summed E-state index contributed by atoms with van der Waals surface area (Å²) in [6, 6.07) is 10.9. The van der Waals surface area contributed by atoms with Crippen molar-refractivity contribution in [3.8, 4) is 0 Å². The van der Waals surface area contributed by atoms with Crippen molar-refractivity contribution in [3.63, 3.8) is 0 Å². The second-order valence-corrected chi connectivity index (χ2v) is 18.5. The third kappa shape index (κ3) is 6.75. The van der Waals surface area contributed by atoms with E-state index in [2.05, 4.69) is 51.1 Å². The molecule has 0 radical (unpaired) electrons. The van der Waals surface area contributed by atoms with Crippen molar-refractivity contribution < 1.29 is 4.74 Å². The molecule has 142 valence electrons. The van der Waals surface area contributed by atoms with Gasteiger partial charge in [0.15, 0.2) is 0 Å². The summed E-state index contributed by atoms with van der Waals surface area (Å²) in [5.74, 6) is 0. The van der Waals surface area contributed by atoms with Gasteiger partial charge in [-0.05, 0) is 0 Å². The van der Waals surface area contributed by atoms with Crippen molar-refractivity contribution >= 4 is 13.3 Å². The molecule has 2 rings (SSSR count). The van der Waals surface area contributed by atoms with Crippen molar-refractivity contribution in [1.29, 1.82) is 0 Å². The first-order valence-electron chi connectivity index (χ1n) is 10.9. The monoisotopic (exact) mass is 406 g/mol. The summed E-state index contributed by atoms with van der Waals surface area (Å²) in [5.41, 5.74) is 1.39. The van der Waals surface area contributed by atoms with E-state index in [4.69, 9.17) is 4.74 Å². The van der Waals surface area contributed by atoms with E-state index in [0.717, 1.165) is 0 Å². The summed E-state index contributed by atoms with van der Waals surface area (Å²) in [6.45, 7) is 7.10. The fraction of sp³-hybridized carbons (Fsp3) is 0.739. The molecule has 1 aromatic carbocycles. The van der Waals surface area contributed by atoms with E-state index >= 15 is 0 Å². The molecular weight excluding hydrogens is 365 g/mol. The van der Waals surface area contributed by atoms with Crippen molar-refractivity contribution in [1.82, 2.24) is 0 Å². The summed E-state index contributed by atoms with van der Waals surface area (Å²) in [6.07, 6.45) is 11.9. The molecule has 0 spiro atoms. The third-order valence-electron chi connectivity index (χ3n) is 6.12. The number of unbranched alkanes of at least 4 members (excludes halogenated alkanes) is 3. The number of ether oxygens (including phenoxy) is 1. The molecule has 2 heteroatoms. The molecule has 1 aromatic rings. The Morgan fingerprint density at radius 2 is 1.40 bits per heavy atom. The predicted octanol–water partition coefficient (Wildman–Crippen LogP) is 7.76. The quantitative estimate of drug-likeness (QED) is 0.323. The minimum atomic E-state index is -1.78. The Balaban J connectivity index is 2.01. The van der Waals surface area contributed by atoms with E-state index in [1.165, 1.54) is 62.2 Å². The van der Waals surface area contributed by atoms with Gasteiger partial charge in [-0.3, -0.25) is 0 Å². The first-order valence-corrected chi connectivity index (χ1v) is 16.9. The van der Waals surface area contributed by atoms with Crippen LogP contribution in [0.25, 0.3) is 0 Å². The van der Waals surface area contributed by atoms with Crippen LogP contribution in [0.4, 0.5) is 0 Å². The molecule has 1 aliphatic rings. The van der Waals surface area contributed by atoms with Crippen LogP contribution < -0.4 is 0 Å². The molecular formula is C23H40GeO. The molecule has 1 saturated heterocycles. The van der Waals surface area contributed by atoms with Crippen LogP contribution >= 0.6 is 0 Å². The van der Waals surface area contributed by atoms with Gasteiger partial charge >= 0.3 is 159 Å². The normalized spacial score (nSPS) is 20.9. The molecule has 0 bridgehead atoms. The molecule has 0 saturated carbocycles. The van der Waals surface area contributed by atoms with E-state index in [0.29, 0.717) is 12.2 Å². The maximum absolute atomic E-state index is 6.59. The summed E-state index contributed by atoms with van der Waals surface area (Å²) < 4.78 is 6.59. The van der Waals surface area contributed by atoms with Gasteiger partial charge in [-0.2, -0.15) is 0 Å². The molecule has 0 unspecified atom stereocenters. The van der Waals surface area contributed by atoms with E-state index < -0.39 is 13.3 Å². The van der Waals surface area contributed by atoms with Gasteiger partial charge in [-0.25, -0.2) is 0 Å². The van der Waals surface area contributed by atoms with Gasteiger partial charge in [0.25, 0.3) is 0 Å². The average Bonchev–Trinajstić information content (AvgIpc) is 3.12. The van der Waals surface area contributed by atoms with Gasteiger partial charge in [0.05, 0.1) is 0 Å². The molecule has 0 amide bonds.